The van der Waals surface area contributed by atoms with Crippen LogP contribution in [0.3, 0.4) is 0 Å². The number of carbonyl (C=O) groups is 2. The van der Waals surface area contributed by atoms with Crippen LogP contribution in [-0.4, -0.2) is 43.0 Å². The van der Waals surface area contributed by atoms with Crippen molar-refractivity contribution in [1.82, 2.24) is 10.3 Å². The number of piperidine rings is 3. The summed E-state index contributed by atoms with van der Waals surface area (Å²) >= 11 is 0. The molecule has 7 heteroatoms. The van der Waals surface area contributed by atoms with Crippen molar-refractivity contribution in [3.63, 3.8) is 0 Å². The minimum absolute atomic E-state index is 0.165. The van der Waals surface area contributed by atoms with E-state index in [0.29, 0.717) is 18.3 Å². The van der Waals surface area contributed by atoms with E-state index >= 15 is 0 Å². The van der Waals surface area contributed by atoms with Crippen LogP contribution in [0.5, 0.6) is 0 Å². The highest BCUT2D eigenvalue weighted by Gasteiger charge is 2.48. The van der Waals surface area contributed by atoms with Crippen molar-refractivity contribution in [3.8, 4) is 0 Å². The number of carbonyl (C=O) groups excluding carboxylic acids is 2. The Morgan fingerprint density at radius 1 is 0.903 bits per heavy atom. The third kappa shape index (κ3) is 4.06. The quantitative estimate of drug-likeness (QED) is 0.590. The van der Waals surface area contributed by atoms with Crippen LogP contribution in [0.4, 0.5) is 5.69 Å². The van der Waals surface area contributed by atoms with Crippen molar-refractivity contribution in [3.05, 3.63) is 34.7 Å². The van der Waals surface area contributed by atoms with Crippen molar-refractivity contribution in [1.29, 1.82) is 0 Å². The summed E-state index contributed by atoms with van der Waals surface area (Å²) in [4.78, 5) is 36.6. The van der Waals surface area contributed by atoms with Crippen molar-refractivity contribution in [2.24, 2.45) is 22.5 Å². The van der Waals surface area contributed by atoms with Gasteiger partial charge in [0.1, 0.15) is 0 Å². The van der Waals surface area contributed by atoms with Gasteiger partial charge in [-0.15, -0.1) is 4.91 Å². The Morgan fingerprint density at radius 2 is 1.58 bits per heavy atom. The van der Waals surface area contributed by atoms with E-state index in [-0.39, 0.29) is 17.7 Å². The highest BCUT2D eigenvalue weighted by Crippen LogP contribution is 2.56. The third-order valence-corrected chi connectivity index (χ3v) is 8.41. The number of imide groups is 1. The molecule has 1 spiro atoms. The number of nitrogens with one attached hydrogen (secondary N) is 1. The van der Waals surface area contributed by atoms with Gasteiger partial charge in [-0.05, 0) is 79.9 Å². The van der Waals surface area contributed by atoms with Crippen LogP contribution >= 0.6 is 0 Å². The maximum absolute atomic E-state index is 12.1. The molecule has 1 unspecified atom stereocenters. The largest absolute Gasteiger partial charge is 0.371 e. The van der Waals surface area contributed by atoms with Gasteiger partial charge in [-0.1, -0.05) is 12.1 Å². The Balaban J connectivity index is 1.12. The third-order valence-electron chi connectivity index (χ3n) is 8.41. The first-order valence-electron chi connectivity index (χ1n) is 11.8. The molecule has 2 amide bonds. The van der Waals surface area contributed by atoms with E-state index in [0.717, 1.165) is 56.4 Å². The maximum Gasteiger partial charge on any atom is 0.234 e. The molecule has 0 radical (unpaired) electrons. The van der Waals surface area contributed by atoms with Crippen LogP contribution < -0.4 is 10.2 Å². The molecular weight excluding hydrogens is 392 g/mol. The fraction of sp³-hybridized carbons (Fsp3) is 0.667. The van der Waals surface area contributed by atoms with Gasteiger partial charge in [-0.25, -0.2) is 0 Å². The second-order valence-electron chi connectivity index (χ2n) is 10.1. The molecule has 4 fully saturated rings. The number of benzene rings is 1. The second-order valence-corrected chi connectivity index (χ2v) is 10.1. The summed E-state index contributed by atoms with van der Waals surface area (Å²) in [5, 5.41) is 7.21. The van der Waals surface area contributed by atoms with Crippen LogP contribution in [0.25, 0.3) is 0 Å². The number of nitrogens with zero attached hydrogens (tertiary/aromatic N) is 3. The normalized spacial score (nSPS) is 27.2. The molecule has 0 bridgehead atoms. The number of anilines is 1. The highest BCUT2D eigenvalue weighted by molar-refractivity contribution is 6.00. The molecular formula is C24H32N4O3. The van der Waals surface area contributed by atoms with Gasteiger partial charge in [0, 0.05) is 38.3 Å². The molecule has 1 saturated carbocycles. The predicted octanol–water partition coefficient (Wildman–Crippen LogP) is 3.60. The fourth-order valence-electron chi connectivity index (χ4n) is 6.40. The van der Waals surface area contributed by atoms with E-state index in [1.165, 1.54) is 31.4 Å². The minimum atomic E-state index is -0.211. The molecule has 1 atom stereocenters. The van der Waals surface area contributed by atoms with Crippen molar-refractivity contribution >= 4 is 17.5 Å². The topological polar surface area (TPSA) is 82.1 Å². The Bertz CT molecular complexity index is 831. The fourth-order valence-corrected chi connectivity index (χ4v) is 6.40. The van der Waals surface area contributed by atoms with Gasteiger partial charge >= 0.3 is 0 Å². The Labute approximate surface area is 183 Å². The van der Waals surface area contributed by atoms with E-state index < -0.39 is 0 Å². The van der Waals surface area contributed by atoms with Crippen LogP contribution in [0.2, 0.25) is 0 Å². The van der Waals surface area contributed by atoms with Crippen LogP contribution in [0, 0.1) is 22.2 Å². The zero-order chi connectivity index (χ0) is 21.4. The summed E-state index contributed by atoms with van der Waals surface area (Å²) in [6.45, 7) is 3.86. The van der Waals surface area contributed by atoms with E-state index in [2.05, 4.69) is 39.8 Å². The lowest BCUT2D eigenvalue weighted by Crippen LogP contribution is -2.50. The smallest absolute Gasteiger partial charge is 0.234 e. The summed E-state index contributed by atoms with van der Waals surface area (Å²) in [5.41, 5.74) is 2.77. The lowest BCUT2D eigenvalue weighted by Gasteiger charge is -2.55. The SMILES string of the molecule is O=NN1CCC(C2CC3(CCN(c4ccc(C5CCC(=O)NC5=O)cc4)CC3)C2)CC1. The molecule has 7 nitrogen and oxygen atoms in total. The Kier molecular flexibility index (Phi) is 5.44. The average Bonchev–Trinajstić information content (AvgIpc) is 2.78. The number of nitroso groups, excluding NO2 is 1. The first kappa shape index (κ1) is 20.5. The minimum Gasteiger partial charge on any atom is -0.371 e. The van der Waals surface area contributed by atoms with E-state index in [1.807, 2.05) is 0 Å². The lowest BCUT2D eigenvalue weighted by atomic mass is 9.53. The number of hydrogen-bond acceptors (Lipinski definition) is 5. The summed E-state index contributed by atoms with van der Waals surface area (Å²) in [5.74, 6) is 1.07. The van der Waals surface area contributed by atoms with E-state index in [9.17, 15) is 14.5 Å². The predicted molar refractivity (Wildman–Crippen MR) is 118 cm³/mol. The molecule has 5 rings (SSSR count). The molecule has 3 saturated heterocycles. The maximum atomic E-state index is 12.1. The van der Waals surface area contributed by atoms with Crippen molar-refractivity contribution < 1.29 is 9.59 Å². The van der Waals surface area contributed by atoms with Gasteiger partial charge in [-0.3, -0.25) is 19.9 Å². The number of amides is 2. The Morgan fingerprint density at radius 3 is 2.19 bits per heavy atom. The zero-order valence-electron chi connectivity index (χ0n) is 18.1. The summed E-state index contributed by atoms with van der Waals surface area (Å²) in [6.07, 6.45) is 8.49. The van der Waals surface area contributed by atoms with Crippen LogP contribution in [0.15, 0.2) is 29.6 Å². The lowest BCUT2D eigenvalue weighted by molar-refractivity contribution is -0.134. The summed E-state index contributed by atoms with van der Waals surface area (Å²) < 4.78 is 0. The average molecular weight is 425 g/mol. The van der Waals surface area contributed by atoms with Gasteiger partial charge in [-0.2, -0.15) is 0 Å². The first-order chi connectivity index (χ1) is 15.0. The van der Waals surface area contributed by atoms with Crippen molar-refractivity contribution in [2.45, 2.75) is 57.3 Å². The van der Waals surface area contributed by atoms with E-state index in [1.54, 1.807) is 5.01 Å². The molecule has 0 aromatic heterocycles. The second kappa shape index (κ2) is 8.24. The van der Waals surface area contributed by atoms with Gasteiger partial charge in [0.25, 0.3) is 0 Å². The standard InChI is InChI=1S/C24H32N4O3/c29-22-6-5-21(23(30)25-22)18-1-3-20(4-2-18)27-13-9-24(10-14-27)15-19(16-24)17-7-11-28(26-31)12-8-17/h1-4,17,19,21H,5-16H2,(H,25,29,30). The summed E-state index contributed by atoms with van der Waals surface area (Å²) in [6, 6.07) is 8.38. The molecule has 1 aromatic carbocycles. The molecule has 1 aliphatic carbocycles. The number of hydrogen-bond donors (Lipinski definition) is 1. The van der Waals surface area contributed by atoms with Crippen molar-refractivity contribution in [2.75, 3.05) is 31.1 Å². The zero-order valence-corrected chi connectivity index (χ0v) is 18.1. The first-order valence-corrected chi connectivity index (χ1v) is 11.8. The molecule has 166 valence electrons. The molecule has 31 heavy (non-hydrogen) atoms. The molecule has 1 aromatic rings. The molecule has 1 N–H and O–H groups in total. The van der Waals surface area contributed by atoms with Gasteiger partial charge in [0.15, 0.2) is 0 Å². The van der Waals surface area contributed by atoms with E-state index in [4.69, 9.17) is 0 Å². The van der Waals surface area contributed by atoms with Crippen LogP contribution in [0.1, 0.15) is 62.8 Å². The van der Waals surface area contributed by atoms with Crippen LogP contribution in [-0.2, 0) is 9.59 Å². The monoisotopic (exact) mass is 424 g/mol. The van der Waals surface area contributed by atoms with Gasteiger partial charge in [0.05, 0.1) is 11.2 Å². The highest BCUT2D eigenvalue weighted by atomic mass is 16.3. The van der Waals surface area contributed by atoms with Gasteiger partial charge < -0.3 is 4.90 Å². The Hall–Kier alpha value is -2.44. The molecule has 4 aliphatic rings. The molecule has 3 aliphatic heterocycles. The number of rotatable bonds is 4. The molecule has 3 heterocycles. The van der Waals surface area contributed by atoms with Gasteiger partial charge in [0.2, 0.25) is 11.8 Å². The summed E-state index contributed by atoms with van der Waals surface area (Å²) in [7, 11) is 0.